The summed E-state index contributed by atoms with van der Waals surface area (Å²) in [5.41, 5.74) is 7.11. The summed E-state index contributed by atoms with van der Waals surface area (Å²) in [5.74, 6) is -0.0652. The first-order valence-electron chi connectivity index (χ1n) is 5.92. The highest BCUT2D eigenvalue weighted by Gasteiger charge is 2.14. The van der Waals surface area contributed by atoms with Crippen LogP contribution in [0.15, 0.2) is 16.6 Å². The number of benzene rings is 1. The van der Waals surface area contributed by atoms with Crippen LogP contribution in [0, 0.1) is 12.8 Å². The summed E-state index contributed by atoms with van der Waals surface area (Å²) in [4.78, 5) is 12.0. The number of carbonyl (C=O) groups is 1. The van der Waals surface area contributed by atoms with E-state index in [-0.39, 0.29) is 11.8 Å². The summed E-state index contributed by atoms with van der Waals surface area (Å²) < 4.78 is 0.837. The van der Waals surface area contributed by atoms with Crippen molar-refractivity contribution >= 4 is 39.1 Å². The van der Waals surface area contributed by atoms with E-state index in [2.05, 4.69) is 21.2 Å². The molecule has 0 aliphatic heterocycles. The Balaban J connectivity index is 2.72. The Hall–Kier alpha value is -0.580. The molecule has 5 heteroatoms. The zero-order valence-electron chi connectivity index (χ0n) is 10.6. The number of hydrogen-bond donors (Lipinski definition) is 2. The molecule has 0 heterocycles. The quantitative estimate of drug-likeness (QED) is 0.862. The second-order valence-electron chi connectivity index (χ2n) is 4.40. The lowest BCUT2D eigenvalue weighted by molar-refractivity contribution is -0.119. The summed E-state index contributed by atoms with van der Waals surface area (Å²) in [6, 6.07) is 3.65. The molecule has 1 aromatic carbocycles. The first-order chi connectivity index (χ1) is 8.45. The van der Waals surface area contributed by atoms with Gasteiger partial charge in [0, 0.05) is 15.4 Å². The van der Waals surface area contributed by atoms with Crippen LogP contribution < -0.4 is 11.1 Å². The number of anilines is 1. The lowest BCUT2D eigenvalue weighted by atomic mass is 10.0. The van der Waals surface area contributed by atoms with Gasteiger partial charge in [-0.3, -0.25) is 4.79 Å². The fourth-order valence-electron chi connectivity index (χ4n) is 1.55. The molecule has 3 nitrogen and oxygen atoms in total. The molecule has 0 aliphatic carbocycles. The Bertz CT molecular complexity index is 437. The molecule has 0 spiro atoms. The predicted molar refractivity (Wildman–Crippen MR) is 80.0 cm³/mol. The largest absolute Gasteiger partial charge is 0.330 e. The molecule has 0 radical (unpaired) electrons. The number of aryl methyl sites for hydroxylation is 1. The van der Waals surface area contributed by atoms with E-state index in [4.69, 9.17) is 17.3 Å². The van der Waals surface area contributed by atoms with Crippen LogP contribution in [0.25, 0.3) is 0 Å². The number of hydrogen-bond acceptors (Lipinski definition) is 2. The van der Waals surface area contributed by atoms with Gasteiger partial charge in [0.2, 0.25) is 5.91 Å². The Morgan fingerprint density at radius 3 is 2.83 bits per heavy atom. The second-order valence-corrected chi connectivity index (χ2v) is 5.66. The fourth-order valence-corrected chi connectivity index (χ4v) is 2.27. The molecule has 1 rings (SSSR count). The van der Waals surface area contributed by atoms with Crippen LogP contribution in [-0.2, 0) is 4.79 Å². The van der Waals surface area contributed by atoms with Gasteiger partial charge in [0.15, 0.2) is 0 Å². The van der Waals surface area contributed by atoms with E-state index in [1.165, 1.54) is 0 Å². The average Bonchev–Trinajstić information content (AvgIpc) is 2.32. The molecule has 100 valence electrons. The lowest BCUT2D eigenvalue weighted by Gasteiger charge is -2.13. The molecule has 0 bridgehead atoms. The van der Waals surface area contributed by atoms with Crippen LogP contribution >= 0.6 is 27.5 Å². The Kier molecular flexibility index (Phi) is 6.12. The molecule has 3 N–H and O–H groups in total. The number of carbonyl (C=O) groups excluding carboxylic acids is 1. The van der Waals surface area contributed by atoms with Crippen LogP contribution in [0.3, 0.4) is 0 Å². The third-order valence-corrected chi connectivity index (χ3v) is 3.86. The van der Waals surface area contributed by atoms with Gasteiger partial charge in [-0.15, -0.1) is 0 Å². The molecule has 1 amide bonds. The van der Waals surface area contributed by atoms with E-state index < -0.39 is 0 Å². The van der Waals surface area contributed by atoms with Crippen molar-refractivity contribution in [1.29, 1.82) is 0 Å². The van der Waals surface area contributed by atoms with Crippen molar-refractivity contribution in [2.75, 3.05) is 11.9 Å². The normalized spacial score (nSPS) is 12.3. The second kappa shape index (κ2) is 7.12. The van der Waals surface area contributed by atoms with E-state index in [1.807, 2.05) is 19.9 Å². The number of nitrogens with one attached hydrogen (secondary N) is 1. The molecule has 0 aliphatic rings. The zero-order valence-corrected chi connectivity index (χ0v) is 12.9. The summed E-state index contributed by atoms with van der Waals surface area (Å²) in [7, 11) is 0. The Morgan fingerprint density at radius 2 is 2.22 bits per heavy atom. The first-order valence-corrected chi connectivity index (χ1v) is 7.09. The van der Waals surface area contributed by atoms with E-state index in [0.717, 1.165) is 22.9 Å². The highest BCUT2D eigenvalue weighted by molar-refractivity contribution is 9.10. The summed E-state index contributed by atoms with van der Waals surface area (Å²) in [6.07, 6.45) is 1.64. The van der Waals surface area contributed by atoms with Crippen molar-refractivity contribution < 1.29 is 4.79 Å². The van der Waals surface area contributed by atoms with Crippen molar-refractivity contribution in [3.05, 3.63) is 27.2 Å². The summed E-state index contributed by atoms with van der Waals surface area (Å²) >= 11 is 9.46. The molecular weight excluding hydrogens is 316 g/mol. The van der Waals surface area contributed by atoms with Gasteiger partial charge in [-0.25, -0.2) is 0 Å². The highest BCUT2D eigenvalue weighted by Crippen LogP contribution is 2.29. The predicted octanol–water partition coefficient (Wildman–Crippen LogP) is 3.72. The van der Waals surface area contributed by atoms with Gasteiger partial charge >= 0.3 is 0 Å². The third-order valence-electron chi connectivity index (χ3n) is 2.80. The number of rotatable bonds is 5. The number of nitrogens with two attached hydrogens (primary N) is 1. The standard InChI is InChI=1S/C13H18BrClN2O/c1-8(4-3-5-16)13(18)17-12-7-11(15)9(2)6-10(12)14/h6-8H,3-5,16H2,1-2H3,(H,17,18). The molecule has 0 aromatic heterocycles. The van der Waals surface area contributed by atoms with Gasteiger partial charge in [0.1, 0.15) is 0 Å². The summed E-state index contributed by atoms with van der Waals surface area (Å²) in [6.45, 7) is 4.43. The van der Waals surface area contributed by atoms with E-state index in [9.17, 15) is 4.79 Å². The maximum Gasteiger partial charge on any atom is 0.227 e. The van der Waals surface area contributed by atoms with Gasteiger partial charge in [-0.05, 0) is 59.9 Å². The van der Waals surface area contributed by atoms with Crippen LogP contribution in [0.5, 0.6) is 0 Å². The van der Waals surface area contributed by atoms with Crippen LogP contribution in [0.1, 0.15) is 25.3 Å². The number of amides is 1. The minimum atomic E-state index is -0.0551. The molecule has 0 saturated heterocycles. The molecule has 1 aromatic rings. The van der Waals surface area contributed by atoms with Crippen molar-refractivity contribution in [2.45, 2.75) is 26.7 Å². The SMILES string of the molecule is Cc1cc(Br)c(NC(=O)C(C)CCCN)cc1Cl. The van der Waals surface area contributed by atoms with Crippen LogP contribution in [-0.4, -0.2) is 12.5 Å². The maximum atomic E-state index is 12.0. The van der Waals surface area contributed by atoms with E-state index >= 15 is 0 Å². The van der Waals surface area contributed by atoms with Crippen molar-refractivity contribution in [3.8, 4) is 0 Å². The first kappa shape index (κ1) is 15.5. The van der Waals surface area contributed by atoms with Gasteiger partial charge in [0.25, 0.3) is 0 Å². The smallest absolute Gasteiger partial charge is 0.227 e. The Morgan fingerprint density at radius 1 is 1.56 bits per heavy atom. The third kappa shape index (κ3) is 4.26. The molecule has 1 atom stereocenters. The monoisotopic (exact) mass is 332 g/mol. The van der Waals surface area contributed by atoms with Crippen LogP contribution in [0.2, 0.25) is 5.02 Å². The minimum Gasteiger partial charge on any atom is -0.330 e. The lowest BCUT2D eigenvalue weighted by Crippen LogP contribution is -2.21. The summed E-state index contributed by atoms with van der Waals surface area (Å²) in [5, 5.41) is 3.52. The molecule has 1 unspecified atom stereocenters. The average molecular weight is 334 g/mol. The van der Waals surface area contributed by atoms with E-state index in [1.54, 1.807) is 6.07 Å². The van der Waals surface area contributed by atoms with Crippen molar-refractivity contribution in [1.82, 2.24) is 0 Å². The van der Waals surface area contributed by atoms with Gasteiger partial charge in [-0.2, -0.15) is 0 Å². The van der Waals surface area contributed by atoms with Crippen molar-refractivity contribution in [3.63, 3.8) is 0 Å². The maximum absolute atomic E-state index is 12.0. The van der Waals surface area contributed by atoms with Gasteiger partial charge in [-0.1, -0.05) is 18.5 Å². The topological polar surface area (TPSA) is 55.1 Å². The zero-order chi connectivity index (χ0) is 13.7. The fraction of sp³-hybridized carbons (Fsp3) is 0.462. The van der Waals surface area contributed by atoms with Gasteiger partial charge < -0.3 is 11.1 Å². The number of halogens is 2. The molecular formula is C13H18BrClN2O. The van der Waals surface area contributed by atoms with Crippen molar-refractivity contribution in [2.24, 2.45) is 11.7 Å². The molecule has 0 fully saturated rings. The van der Waals surface area contributed by atoms with E-state index in [0.29, 0.717) is 17.3 Å². The van der Waals surface area contributed by atoms with Gasteiger partial charge in [0.05, 0.1) is 5.69 Å². The highest BCUT2D eigenvalue weighted by atomic mass is 79.9. The Labute approximate surface area is 121 Å². The molecule has 18 heavy (non-hydrogen) atoms. The molecule has 0 saturated carbocycles. The minimum absolute atomic E-state index is 0.0101. The van der Waals surface area contributed by atoms with Crippen LogP contribution in [0.4, 0.5) is 5.69 Å².